The Hall–Kier alpha value is -0.660. The average Bonchev–Trinajstić information content (AvgIpc) is 1.97. The normalized spacial score (nSPS) is 11.2. The lowest BCUT2D eigenvalue weighted by atomic mass is 10.5. The summed E-state index contributed by atoms with van der Waals surface area (Å²) in [6.07, 6.45) is 1.07. The number of amides is 1. The van der Waals surface area contributed by atoms with Crippen LogP contribution in [0.4, 0.5) is 0 Å². The van der Waals surface area contributed by atoms with E-state index in [0.29, 0.717) is 6.54 Å². The van der Waals surface area contributed by atoms with Crippen LogP contribution in [0, 0.1) is 0 Å². The van der Waals surface area contributed by atoms with Gasteiger partial charge in [-0.2, -0.15) is 0 Å². The Morgan fingerprint density at radius 1 is 1.31 bits per heavy atom. The summed E-state index contributed by atoms with van der Waals surface area (Å²) in [5, 5.41) is 5.20. The summed E-state index contributed by atoms with van der Waals surface area (Å²) in [6.45, 7) is 0.751. The molecule has 0 fully saturated rings. The van der Waals surface area contributed by atoms with Crippen LogP contribution in [-0.4, -0.2) is 47.3 Å². The number of carbonyl (C=O) groups excluding carboxylic acids is 1. The lowest BCUT2D eigenvalue weighted by Gasteiger charge is -2.04. The zero-order chi connectivity index (χ0) is 10.3. The molecule has 1 amide bonds. The Kier molecular flexibility index (Phi) is 5.60. The maximum Gasteiger partial charge on any atom is 0.233 e. The number of carbonyl (C=O) groups is 1. The number of likely N-dealkylation sites (N-methyl/N-ethyl adjacent to an activating group) is 1. The Morgan fingerprint density at radius 2 is 1.92 bits per heavy atom. The Labute approximate surface area is 78.1 Å². The van der Waals surface area contributed by atoms with Gasteiger partial charge in [-0.25, -0.2) is 13.1 Å². The number of hydrogen-bond donors (Lipinski definition) is 3. The molecule has 0 radical (unpaired) electrons. The van der Waals surface area contributed by atoms with Gasteiger partial charge in [0.2, 0.25) is 15.9 Å². The lowest BCUT2D eigenvalue weighted by Crippen LogP contribution is -2.37. The van der Waals surface area contributed by atoms with Gasteiger partial charge in [-0.3, -0.25) is 4.79 Å². The molecule has 7 heteroatoms. The van der Waals surface area contributed by atoms with E-state index in [-0.39, 0.29) is 19.0 Å². The van der Waals surface area contributed by atoms with E-state index in [1.54, 1.807) is 7.05 Å². The van der Waals surface area contributed by atoms with E-state index in [0.717, 1.165) is 6.26 Å². The van der Waals surface area contributed by atoms with E-state index < -0.39 is 10.0 Å². The van der Waals surface area contributed by atoms with Gasteiger partial charge in [0.05, 0.1) is 12.8 Å². The van der Waals surface area contributed by atoms with E-state index in [9.17, 15) is 13.2 Å². The summed E-state index contributed by atoms with van der Waals surface area (Å²) in [5.41, 5.74) is 0. The zero-order valence-corrected chi connectivity index (χ0v) is 8.57. The first-order valence-electron chi connectivity index (χ1n) is 3.81. The standard InChI is InChI=1S/C6H15N3O3S/c1-7-5-6(10)8-3-4-9-13(2,11)12/h7,9H,3-5H2,1-2H3,(H,8,10). The molecular formula is C6H15N3O3S. The molecule has 0 aromatic rings. The van der Waals surface area contributed by atoms with Crippen LogP contribution in [0.5, 0.6) is 0 Å². The molecule has 6 nitrogen and oxygen atoms in total. The molecule has 0 atom stereocenters. The first kappa shape index (κ1) is 12.3. The second-order valence-corrected chi connectivity index (χ2v) is 4.38. The molecule has 0 saturated heterocycles. The molecule has 0 rings (SSSR count). The van der Waals surface area contributed by atoms with Crippen molar-refractivity contribution in [1.82, 2.24) is 15.4 Å². The molecule has 0 saturated carbocycles. The van der Waals surface area contributed by atoms with Crippen LogP contribution >= 0.6 is 0 Å². The van der Waals surface area contributed by atoms with Gasteiger partial charge in [-0.05, 0) is 7.05 Å². The number of sulfonamides is 1. The molecule has 0 aromatic carbocycles. The third-order valence-electron chi connectivity index (χ3n) is 1.15. The molecule has 0 spiro atoms. The van der Waals surface area contributed by atoms with Gasteiger partial charge in [-0.1, -0.05) is 0 Å². The van der Waals surface area contributed by atoms with Crippen LogP contribution < -0.4 is 15.4 Å². The second-order valence-electron chi connectivity index (χ2n) is 2.55. The summed E-state index contributed by atoms with van der Waals surface area (Å²) >= 11 is 0. The van der Waals surface area contributed by atoms with Crippen molar-refractivity contribution < 1.29 is 13.2 Å². The molecule has 0 aliphatic heterocycles. The van der Waals surface area contributed by atoms with Crippen LogP contribution in [0.25, 0.3) is 0 Å². The van der Waals surface area contributed by atoms with Crippen LogP contribution in [0.3, 0.4) is 0 Å². The molecule has 0 aliphatic rings. The highest BCUT2D eigenvalue weighted by Gasteiger charge is 2.00. The fraction of sp³-hybridized carbons (Fsp3) is 0.833. The van der Waals surface area contributed by atoms with E-state index in [2.05, 4.69) is 15.4 Å². The first-order valence-corrected chi connectivity index (χ1v) is 5.71. The first-order chi connectivity index (χ1) is 5.95. The van der Waals surface area contributed by atoms with E-state index in [1.807, 2.05) is 0 Å². The monoisotopic (exact) mass is 209 g/mol. The topological polar surface area (TPSA) is 87.3 Å². The minimum absolute atomic E-state index is 0.155. The van der Waals surface area contributed by atoms with Gasteiger partial charge in [0.1, 0.15) is 0 Å². The van der Waals surface area contributed by atoms with Crippen molar-refractivity contribution in [1.29, 1.82) is 0 Å². The summed E-state index contributed by atoms with van der Waals surface area (Å²) in [6, 6.07) is 0. The predicted molar refractivity (Wildman–Crippen MR) is 49.8 cm³/mol. The fourth-order valence-corrected chi connectivity index (χ4v) is 1.13. The summed E-state index contributed by atoms with van der Waals surface area (Å²) in [7, 11) is -1.49. The number of nitrogens with one attached hydrogen (secondary N) is 3. The van der Waals surface area contributed by atoms with Gasteiger partial charge in [0, 0.05) is 13.1 Å². The highest BCUT2D eigenvalue weighted by atomic mass is 32.2. The van der Waals surface area contributed by atoms with Crippen LogP contribution in [0.15, 0.2) is 0 Å². The van der Waals surface area contributed by atoms with Crippen LogP contribution in [0.2, 0.25) is 0 Å². The molecule has 0 aromatic heterocycles. The molecule has 78 valence electrons. The van der Waals surface area contributed by atoms with E-state index >= 15 is 0 Å². The molecule has 13 heavy (non-hydrogen) atoms. The van der Waals surface area contributed by atoms with Gasteiger partial charge >= 0.3 is 0 Å². The zero-order valence-electron chi connectivity index (χ0n) is 7.75. The van der Waals surface area contributed by atoms with Crippen LogP contribution in [0.1, 0.15) is 0 Å². The van der Waals surface area contributed by atoms with Gasteiger partial charge in [0.15, 0.2) is 0 Å². The Balaban J connectivity index is 3.41. The van der Waals surface area contributed by atoms with Crippen molar-refractivity contribution in [2.24, 2.45) is 0 Å². The maximum atomic E-state index is 10.8. The average molecular weight is 209 g/mol. The quantitative estimate of drug-likeness (QED) is 0.436. The van der Waals surface area contributed by atoms with Gasteiger partial charge in [-0.15, -0.1) is 0 Å². The Morgan fingerprint density at radius 3 is 2.38 bits per heavy atom. The number of rotatable bonds is 6. The van der Waals surface area contributed by atoms with E-state index in [4.69, 9.17) is 0 Å². The maximum absolute atomic E-state index is 10.8. The highest BCUT2D eigenvalue weighted by Crippen LogP contribution is 1.71. The Bertz CT molecular complexity index is 250. The second kappa shape index (κ2) is 5.90. The van der Waals surface area contributed by atoms with E-state index in [1.165, 1.54) is 0 Å². The van der Waals surface area contributed by atoms with Crippen molar-refractivity contribution in [3.63, 3.8) is 0 Å². The molecule has 0 heterocycles. The summed E-state index contributed by atoms with van der Waals surface area (Å²) in [4.78, 5) is 10.8. The molecule has 0 aliphatic carbocycles. The van der Waals surface area contributed by atoms with Gasteiger partial charge < -0.3 is 10.6 Å². The molecule has 0 bridgehead atoms. The summed E-state index contributed by atoms with van der Waals surface area (Å²) in [5.74, 6) is -0.155. The molecular weight excluding hydrogens is 194 g/mol. The van der Waals surface area contributed by atoms with Crippen molar-refractivity contribution >= 4 is 15.9 Å². The van der Waals surface area contributed by atoms with Crippen molar-refractivity contribution in [3.8, 4) is 0 Å². The fourth-order valence-electron chi connectivity index (χ4n) is 0.661. The predicted octanol–water partition coefficient (Wildman–Crippen LogP) is -2.13. The third kappa shape index (κ3) is 9.25. The minimum Gasteiger partial charge on any atom is -0.354 e. The molecule has 3 N–H and O–H groups in total. The SMILES string of the molecule is CNCC(=O)NCCNS(C)(=O)=O. The van der Waals surface area contributed by atoms with Crippen molar-refractivity contribution in [3.05, 3.63) is 0 Å². The summed E-state index contributed by atoms with van der Waals surface area (Å²) < 4.78 is 23.4. The highest BCUT2D eigenvalue weighted by molar-refractivity contribution is 7.88. The molecule has 0 unspecified atom stereocenters. The largest absolute Gasteiger partial charge is 0.354 e. The van der Waals surface area contributed by atoms with Gasteiger partial charge in [0.25, 0.3) is 0 Å². The lowest BCUT2D eigenvalue weighted by molar-refractivity contribution is -0.120. The van der Waals surface area contributed by atoms with Crippen molar-refractivity contribution in [2.45, 2.75) is 0 Å². The van der Waals surface area contributed by atoms with Crippen LogP contribution in [-0.2, 0) is 14.8 Å². The third-order valence-corrected chi connectivity index (χ3v) is 1.88. The minimum atomic E-state index is -3.15. The smallest absolute Gasteiger partial charge is 0.233 e. The number of hydrogen-bond acceptors (Lipinski definition) is 4. The van der Waals surface area contributed by atoms with Crippen molar-refractivity contribution in [2.75, 3.05) is 32.9 Å².